The van der Waals surface area contributed by atoms with Gasteiger partial charge in [-0.25, -0.2) is 0 Å². The third kappa shape index (κ3) is 4.38. The van der Waals surface area contributed by atoms with Crippen LogP contribution in [-0.2, 0) is 10.8 Å². The van der Waals surface area contributed by atoms with Crippen LogP contribution in [0.1, 0.15) is 52.8 Å². The molecule has 60 heavy (non-hydrogen) atoms. The Kier molecular flexibility index (Phi) is 7.23. The summed E-state index contributed by atoms with van der Waals surface area (Å²) < 4.78 is 6.58. The summed E-state index contributed by atoms with van der Waals surface area (Å²) in [7, 11) is 0. The molecule has 0 bridgehead atoms. The number of anilines is 3. The lowest BCUT2D eigenvalue weighted by molar-refractivity contribution is 0.660. The minimum Gasteiger partial charge on any atom is -0.456 e. The molecule has 0 radical (unpaired) electrons. The molecule has 0 fully saturated rings. The van der Waals surface area contributed by atoms with Crippen molar-refractivity contribution in [2.24, 2.45) is 0 Å². The van der Waals surface area contributed by atoms with Gasteiger partial charge in [-0.1, -0.05) is 179 Å². The van der Waals surface area contributed by atoms with Gasteiger partial charge in [0.15, 0.2) is 0 Å². The van der Waals surface area contributed by atoms with Crippen LogP contribution in [-0.4, -0.2) is 0 Å². The summed E-state index contributed by atoms with van der Waals surface area (Å²) in [4.78, 5) is 2.51. The number of hydrogen-bond acceptors (Lipinski definition) is 2. The van der Waals surface area contributed by atoms with Gasteiger partial charge in [0, 0.05) is 22.1 Å². The first-order valence-corrected chi connectivity index (χ1v) is 20.8. The van der Waals surface area contributed by atoms with E-state index in [0.29, 0.717) is 0 Å². The molecule has 0 saturated carbocycles. The number of furan rings is 1. The van der Waals surface area contributed by atoms with Gasteiger partial charge in [-0.2, -0.15) is 0 Å². The molecule has 3 aliphatic carbocycles. The molecular weight excluding hydrogens is 727 g/mol. The largest absolute Gasteiger partial charge is 0.456 e. The van der Waals surface area contributed by atoms with Gasteiger partial charge in [-0.3, -0.25) is 0 Å². The summed E-state index contributed by atoms with van der Waals surface area (Å²) in [5.74, 6) is 0. The number of hydrogen-bond donors (Lipinski definition) is 0. The van der Waals surface area contributed by atoms with E-state index < -0.39 is 5.41 Å². The Labute approximate surface area is 350 Å². The Morgan fingerprint density at radius 2 is 1.10 bits per heavy atom. The van der Waals surface area contributed by atoms with Crippen LogP contribution >= 0.6 is 0 Å². The first kappa shape index (κ1) is 34.6. The summed E-state index contributed by atoms with van der Waals surface area (Å²) in [6.07, 6.45) is 5.88. The molecule has 1 heterocycles. The SMILES string of the molecule is C=C/C=C(\C=C)c1cccc2c1-c1ccccc1C21c2ccccc2-c2c(N(c3ccc4c(c3)C(C)(C)c3ccccc3-4)c3cccc4oc5ccccc5c34)cccc21. The van der Waals surface area contributed by atoms with E-state index in [9.17, 15) is 0 Å². The zero-order chi connectivity index (χ0) is 40.3. The number of allylic oxidation sites excluding steroid dienone is 4. The van der Waals surface area contributed by atoms with Gasteiger partial charge in [0.05, 0.1) is 22.2 Å². The van der Waals surface area contributed by atoms with E-state index in [2.05, 4.69) is 208 Å². The maximum atomic E-state index is 6.58. The summed E-state index contributed by atoms with van der Waals surface area (Å²) in [5, 5.41) is 2.20. The molecule has 1 aromatic heterocycles. The molecule has 1 atom stereocenters. The van der Waals surface area contributed by atoms with Gasteiger partial charge in [-0.15, -0.1) is 0 Å². The van der Waals surface area contributed by atoms with Crippen LogP contribution in [0.15, 0.2) is 206 Å². The second kappa shape index (κ2) is 12.5. The van der Waals surface area contributed by atoms with E-state index in [-0.39, 0.29) is 5.41 Å². The number of para-hydroxylation sites is 1. The topological polar surface area (TPSA) is 16.4 Å². The van der Waals surface area contributed by atoms with Crippen LogP contribution in [0.2, 0.25) is 0 Å². The first-order valence-electron chi connectivity index (χ1n) is 20.8. The van der Waals surface area contributed by atoms with Crippen LogP contribution in [0.5, 0.6) is 0 Å². The molecule has 8 aromatic carbocycles. The van der Waals surface area contributed by atoms with Crippen LogP contribution in [0, 0.1) is 0 Å². The zero-order valence-electron chi connectivity index (χ0n) is 33.7. The van der Waals surface area contributed by atoms with Gasteiger partial charge in [0.1, 0.15) is 11.2 Å². The summed E-state index contributed by atoms with van der Waals surface area (Å²) in [6, 6.07) is 62.8. The molecule has 9 aromatic rings. The normalized spacial score (nSPS) is 16.3. The molecular formula is C58H41NO. The van der Waals surface area contributed by atoms with Crippen LogP contribution in [0.25, 0.3) is 60.9 Å². The van der Waals surface area contributed by atoms with Gasteiger partial charge in [0.25, 0.3) is 0 Å². The Hall–Kier alpha value is -7.42. The standard InChI is InChI=1S/C58H41NO/c1-5-18-36(6-2)38-23-15-27-47-54(38)41-20-8-12-25-45(41)58(47)46-26-13-9-21-42(46)55-48(58)28-16-29-50(55)59(51-30-17-32-53-56(51)43-22-10-14-31-52(43)60-53)37-33-34-40-39-19-7-11-24-44(39)57(3,4)49(40)35-37/h5-35H,1-2H2,3-4H3/b36-18+. The molecule has 3 aliphatic rings. The van der Waals surface area contributed by atoms with Gasteiger partial charge in [0.2, 0.25) is 0 Å². The highest BCUT2D eigenvalue weighted by atomic mass is 16.3. The van der Waals surface area contributed by atoms with Crippen LogP contribution < -0.4 is 4.90 Å². The van der Waals surface area contributed by atoms with Gasteiger partial charge in [-0.05, 0) is 109 Å². The number of nitrogens with zero attached hydrogens (tertiary/aromatic N) is 1. The fourth-order valence-corrected chi connectivity index (χ4v) is 11.2. The molecule has 12 rings (SSSR count). The Bertz CT molecular complexity index is 3350. The van der Waals surface area contributed by atoms with Crippen LogP contribution in [0.3, 0.4) is 0 Å². The smallest absolute Gasteiger partial charge is 0.137 e. The van der Waals surface area contributed by atoms with E-state index in [1.807, 2.05) is 12.2 Å². The Balaban J connectivity index is 1.19. The van der Waals surface area contributed by atoms with Crippen molar-refractivity contribution < 1.29 is 4.42 Å². The molecule has 0 amide bonds. The lowest BCUT2D eigenvalue weighted by atomic mass is 9.70. The van der Waals surface area contributed by atoms with E-state index in [0.717, 1.165) is 50.1 Å². The maximum absolute atomic E-state index is 6.58. The van der Waals surface area contributed by atoms with Gasteiger partial charge < -0.3 is 9.32 Å². The highest BCUT2D eigenvalue weighted by Crippen LogP contribution is 2.66. The summed E-state index contributed by atoms with van der Waals surface area (Å²) in [5.41, 5.74) is 22.0. The van der Waals surface area contributed by atoms with Crippen molar-refractivity contribution in [3.05, 3.63) is 240 Å². The first-order chi connectivity index (χ1) is 29.5. The second-order valence-electron chi connectivity index (χ2n) is 16.8. The van der Waals surface area contributed by atoms with E-state index >= 15 is 0 Å². The van der Waals surface area contributed by atoms with Gasteiger partial charge >= 0.3 is 0 Å². The number of fused-ring (bicyclic) bond motifs is 16. The molecule has 0 aliphatic heterocycles. The average Bonchev–Trinajstić information content (AvgIpc) is 3.98. The molecule has 2 nitrogen and oxygen atoms in total. The zero-order valence-corrected chi connectivity index (χ0v) is 33.7. The Morgan fingerprint density at radius 1 is 0.517 bits per heavy atom. The lowest BCUT2D eigenvalue weighted by Crippen LogP contribution is -2.26. The third-order valence-electron chi connectivity index (χ3n) is 13.6. The quantitative estimate of drug-likeness (QED) is 0.157. The number of rotatable bonds is 6. The van der Waals surface area contributed by atoms with Crippen molar-refractivity contribution in [2.75, 3.05) is 4.90 Å². The Morgan fingerprint density at radius 3 is 1.87 bits per heavy atom. The fraction of sp³-hybridized carbons (Fsp3) is 0.0690. The molecule has 1 spiro atoms. The monoisotopic (exact) mass is 767 g/mol. The van der Waals surface area contributed by atoms with Crippen molar-refractivity contribution in [1.29, 1.82) is 0 Å². The predicted octanol–water partition coefficient (Wildman–Crippen LogP) is 15.5. The average molecular weight is 768 g/mol. The molecule has 0 saturated heterocycles. The van der Waals surface area contributed by atoms with Crippen LogP contribution in [0.4, 0.5) is 17.1 Å². The fourth-order valence-electron chi connectivity index (χ4n) is 11.2. The summed E-state index contributed by atoms with van der Waals surface area (Å²) >= 11 is 0. The van der Waals surface area contributed by atoms with E-state index in [1.54, 1.807) is 0 Å². The maximum Gasteiger partial charge on any atom is 0.137 e. The van der Waals surface area contributed by atoms with Crippen molar-refractivity contribution in [3.8, 4) is 33.4 Å². The lowest BCUT2D eigenvalue weighted by Gasteiger charge is -2.32. The predicted molar refractivity (Wildman–Crippen MR) is 251 cm³/mol. The highest BCUT2D eigenvalue weighted by molar-refractivity contribution is 6.14. The molecule has 2 heteroatoms. The summed E-state index contributed by atoms with van der Waals surface area (Å²) in [6.45, 7) is 13.0. The highest BCUT2D eigenvalue weighted by Gasteiger charge is 2.53. The van der Waals surface area contributed by atoms with Crippen molar-refractivity contribution in [1.82, 2.24) is 0 Å². The minimum absolute atomic E-state index is 0.170. The molecule has 284 valence electrons. The van der Waals surface area contributed by atoms with E-state index in [1.165, 1.54) is 66.8 Å². The molecule has 0 N–H and O–H groups in total. The minimum atomic E-state index is -0.550. The number of benzene rings is 8. The second-order valence-corrected chi connectivity index (χ2v) is 16.8. The van der Waals surface area contributed by atoms with Crippen molar-refractivity contribution >= 4 is 44.6 Å². The third-order valence-corrected chi connectivity index (χ3v) is 13.6. The van der Waals surface area contributed by atoms with Crippen molar-refractivity contribution in [2.45, 2.75) is 24.7 Å². The van der Waals surface area contributed by atoms with Crippen molar-refractivity contribution in [3.63, 3.8) is 0 Å². The van der Waals surface area contributed by atoms with E-state index in [4.69, 9.17) is 4.42 Å². The molecule has 1 unspecified atom stereocenters.